The number of likely N-dealkylation sites (tertiary alicyclic amines) is 1. The minimum atomic E-state index is -0.573. The summed E-state index contributed by atoms with van der Waals surface area (Å²) in [4.78, 5) is 17.4. The molecule has 1 fully saturated rings. The lowest BCUT2D eigenvalue weighted by Gasteiger charge is -2.39. The summed E-state index contributed by atoms with van der Waals surface area (Å²) in [5.41, 5.74) is 0.613. The van der Waals surface area contributed by atoms with Gasteiger partial charge in [0.1, 0.15) is 17.5 Å². The highest BCUT2D eigenvalue weighted by atomic mass is 127. The number of aromatic nitrogens is 1. The van der Waals surface area contributed by atoms with Crippen molar-refractivity contribution in [2.24, 2.45) is 0 Å². The van der Waals surface area contributed by atoms with Crippen LogP contribution >= 0.6 is 22.6 Å². The average molecular weight is 490 g/mol. The molecule has 0 aliphatic carbocycles. The molecule has 9 heteroatoms. The van der Waals surface area contributed by atoms with Crippen molar-refractivity contribution in [2.45, 2.75) is 46.3 Å². The number of hydrogen-bond donors (Lipinski definition) is 2. The normalized spacial score (nSPS) is 15.6. The fourth-order valence-corrected chi connectivity index (χ4v) is 2.41. The van der Waals surface area contributed by atoms with Gasteiger partial charge in [0.25, 0.3) is 0 Å². The van der Waals surface area contributed by atoms with E-state index in [0.717, 1.165) is 15.5 Å². The van der Waals surface area contributed by atoms with Crippen LogP contribution < -0.4 is 10.1 Å². The fraction of sp³-hybridized carbons (Fsp3) is 0.500. The van der Waals surface area contributed by atoms with Gasteiger partial charge in [-0.2, -0.15) is 0 Å². The first-order valence-corrected chi connectivity index (χ1v) is 9.53. The van der Waals surface area contributed by atoms with Gasteiger partial charge in [0.15, 0.2) is 11.6 Å². The standard InChI is InChI=1S/C18H24FIN4O3/c1-10(21)16(20)11(2)23-15-6-14(13(19)7-22-15)26-12-8-24(9-12)17(25)27-18(3,4)5/h6-7,12,21H,8-9H2,1-5H3,(H,22,23)/b16-11+,21-10?. The SMILES string of the molecule is CC(=N)/C(I)=C(/C)Nc1cc(OC2CN(C(=O)OC(C)(C)C)C2)c(F)cn1. The Labute approximate surface area is 172 Å². The van der Waals surface area contributed by atoms with E-state index in [1.54, 1.807) is 27.7 Å². The van der Waals surface area contributed by atoms with E-state index in [1.807, 2.05) is 6.92 Å². The molecule has 0 atom stereocenters. The summed E-state index contributed by atoms with van der Waals surface area (Å²) in [5, 5.41) is 10.7. The Kier molecular flexibility index (Phi) is 6.66. The maximum Gasteiger partial charge on any atom is 0.410 e. The molecule has 1 saturated heterocycles. The number of anilines is 1. The summed E-state index contributed by atoms with van der Waals surface area (Å²) < 4.78 is 25.7. The molecule has 1 aromatic rings. The molecule has 2 rings (SSSR count). The zero-order chi connectivity index (χ0) is 20.4. The van der Waals surface area contributed by atoms with Gasteiger partial charge in [-0.25, -0.2) is 14.2 Å². The van der Waals surface area contributed by atoms with Crippen LogP contribution in [-0.4, -0.2) is 46.5 Å². The molecular weight excluding hydrogens is 466 g/mol. The molecule has 0 saturated carbocycles. The molecule has 0 radical (unpaired) electrons. The van der Waals surface area contributed by atoms with Crippen molar-refractivity contribution in [1.29, 1.82) is 5.41 Å². The number of hydrogen-bond acceptors (Lipinski definition) is 6. The van der Waals surface area contributed by atoms with Gasteiger partial charge in [0, 0.05) is 17.5 Å². The lowest BCUT2D eigenvalue weighted by Crippen LogP contribution is -2.57. The maximum absolute atomic E-state index is 14.0. The van der Waals surface area contributed by atoms with Gasteiger partial charge >= 0.3 is 6.09 Å². The smallest absolute Gasteiger partial charge is 0.410 e. The van der Waals surface area contributed by atoms with Gasteiger partial charge in [-0.15, -0.1) is 0 Å². The minimum absolute atomic E-state index is 0.0655. The Hall–Kier alpha value is -1.91. The number of pyridine rings is 1. The molecule has 0 unspecified atom stereocenters. The van der Waals surface area contributed by atoms with Gasteiger partial charge in [0.05, 0.1) is 22.9 Å². The number of carbonyl (C=O) groups excluding carboxylic acids is 1. The third kappa shape index (κ3) is 6.05. The fourth-order valence-electron chi connectivity index (χ4n) is 2.27. The first kappa shape index (κ1) is 21.4. The van der Waals surface area contributed by atoms with Gasteiger partial charge in [-0.3, -0.25) is 0 Å². The molecule has 1 aliphatic heterocycles. The van der Waals surface area contributed by atoms with Gasteiger partial charge in [-0.1, -0.05) is 0 Å². The molecule has 2 N–H and O–H groups in total. The predicted molar refractivity (Wildman–Crippen MR) is 110 cm³/mol. The number of carbonyl (C=O) groups is 1. The Bertz CT molecular complexity index is 770. The number of nitrogens with one attached hydrogen (secondary N) is 2. The highest BCUT2D eigenvalue weighted by Crippen LogP contribution is 2.26. The summed E-state index contributed by atoms with van der Waals surface area (Å²) in [6.07, 6.45) is 0.374. The predicted octanol–water partition coefficient (Wildman–Crippen LogP) is 4.34. The zero-order valence-electron chi connectivity index (χ0n) is 16.0. The van der Waals surface area contributed by atoms with Crippen molar-refractivity contribution in [3.63, 3.8) is 0 Å². The summed E-state index contributed by atoms with van der Waals surface area (Å²) in [5.74, 6) is -0.0887. The molecule has 148 valence electrons. The Balaban J connectivity index is 1.97. The van der Waals surface area contributed by atoms with E-state index in [2.05, 4.69) is 32.9 Å². The molecule has 2 heterocycles. The van der Waals surface area contributed by atoms with Crippen LogP contribution in [0.5, 0.6) is 5.75 Å². The highest BCUT2D eigenvalue weighted by molar-refractivity contribution is 14.1. The van der Waals surface area contributed by atoms with E-state index >= 15 is 0 Å². The number of ether oxygens (including phenoxy) is 2. The molecule has 1 aromatic heterocycles. The van der Waals surface area contributed by atoms with E-state index in [1.165, 1.54) is 11.0 Å². The molecular formula is C18H24FIN4O3. The molecule has 1 aliphatic rings. The van der Waals surface area contributed by atoms with E-state index in [4.69, 9.17) is 14.9 Å². The maximum atomic E-state index is 14.0. The van der Waals surface area contributed by atoms with E-state index in [0.29, 0.717) is 24.6 Å². The van der Waals surface area contributed by atoms with Gasteiger partial charge < -0.3 is 25.1 Å². The minimum Gasteiger partial charge on any atom is -0.483 e. The lowest BCUT2D eigenvalue weighted by molar-refractivity contribution is -0.0229. The first-order valence-electron chi connectivity index (χ1n) is 8.45. The van der Waals surface area contributed by atoms with Crippen LogP contribution in [0.3, 0.4) is 0 Å². The number of allylic oxidation sites excluding steroid dienone is 2. The van der Waals surface area contributed by atoms with Crippen LogP contribution in [0, 0.1) is 11.2 Å². The van der Waals surface area contributed by atoms with Crippen LogP contribution in [0.15, 0.2) is 21.5 Å². The summed E-state index contributed by atoms with van der Waals surface area (Å²) in [7, 11) is 0. The Morgan fingerprint density at radius 1 is 1.41 bits per heavy atom. The summed E-state index contributed by atoms with van der Waals surface area (Å²) in [6.45, 7) is 9.58. The number of nitrogens with zero attached hydrogens (tertiary/aromatic N) is 2. The summed E-state index contributed by atoms with van der Waals surface area (Å²) >= 11 is 2.06. The number of amides is 1. The second kappa shape index (κ2) is 8.41. The Morgan fingerprint density at radius 2 is 2.04 bits per heavy atom. The van der Waals surface area contributed by atoms with Crippen molar-refractivity contribution in [2.75, 3.05) is 18.4 Å². The van der Waals surface area contributed by atoms with Crippen molar-refractivity contribution >= 4 is 40.2 Å². The summed E-state index contributed by atoms with van der Waals surface area (Å²) in [6, 6.07) is 1.47. The average Bonchev–Trinajstić information content (AvgIpc) is 2.50. The van der Waals surface area contributed by atoms with Crippen molar-refractivity contribution in [3.8, 4) is 5.75 Å². The molecule has 0 aromatic carbocycles. The third-order valence-electron chi connectivity index (χ3n) is 3.59. The largest absolute Gasteiger partial charge is 0.483 e. The molecule has 7 nitrogen and oxygen atoms in total. The zero-order valence-corrected chi connectivity index (χ0v) is 18.2. The van der Waals surface area contributed by atoms with Crippen LogP contribution in [0.4, 0.5) is 15.0 Å². The number of halogens is 2. The quantitative estimate of drug-likeness (QED) is 0.474. The van der Waals surface area contributed by atoms with Crippen molar-refractivity contribution in [1.82, 2.24) is 9.88 Å². The molecule has 0 bridgehead atoms. The second-order valence-electron chi connectivity index (χ2n) is 7.31. The molecule has 1 amide bonds. The molecule has 0 spiro atoms. The van der Waals surface area contributed by atoms with E-state index in [9.17, 15) is 9.18 Å². The van der Waals surface area contributed by atoms with Crippen molar-refractivity contribution in [3.05, 3.63) is 27.4 Å². The van der Waals surface area contributed by atoms with Crippen LogP contribution in [0.25, 0.3) is 0 Å². The lowest BCUT2D eigenvalue weighted by atomic mass is 10.1. The monoisotopic (exact) mass is 490 g/mol. The molecule has 27 heavy (non-hydrogen) atoms. The van der Waals surface area contributed by atoms with Crippen molar-refractivity contribution < 1.29 is 18.7 Å². The topological polar surface area (TPSA) is 87.5 Å². The second-order valence-corrected chi connectivity index (χ2v) is 8.39. The van der Waals surface area contributed by atoms with Gasteiger partial charge in [0.2, 0.25) is 0 Å². The van der Waals surface area contributed by atoms with Crippen LogP contribution in [0.1, 0.15) is 34.6 Å². The number of rotatable bonds is 5. The third-order valence-corrected chi connectivity index (χ3v) is 5.21. The van der Waals surface area contributed by atoms with Crippen LogP contribution in [-0.2, 0) is 4.74 Å². The van der Waals surface area contributed by atoms with E-state index < -0.39 is 17.5 Å². The Morgan fingerprint density at radius 3 is 2.59 bits per heavy atom. The van der Waals surface area contributed by atoms with Gasteiger partial charge in [-0.05, 0) is 57.2 Å². The van der Waals surface area contributed by atoms with Crippen LogP contribution in [0.2, 0.25) is 0 Å². The van der Waals surface area contributed by atoms with E-state index in [-0.39, 0.29) is 11.9 Å². The highest BCUT2D eigenvalue weighted by Gasteiger charge is 2.35. The first-order chi connectivity index (χ1) is 12.5.